The Morgan fingerprint density at radius 2 is 2.16 bits per heavy atom. The SMILES string of the molecule is CCc1nccn1-c1ncc(F)cc1CNC(C)C. The van der Waals surface area contributed by atoms with E-state index in [4.69, 9.17) is 0 Å². The Kier molecular flexibility index (Phi) is 4.27. The van der Waals surface area contributed by atoms with Gasteiger partial charge in [-0.3, -0.25) is 4.57 Å². The molecule has 1 N–H and O–H groups in total. The summed E-state index contributed by atoms with van der Waals surface area (Å²) in [5.74, 6) is 1.34. The summed E-state index contributed by atoms with van der Waals surface area (Å²) in [5, 5.41) is 3.29. The van der Waals surface area contributed by atoms with E-state index >= 15 is 0 Å². The number of nitrogens with one attached hydrogen (secondary N) is 1. The number of aromatic nitrogens is 3. The lowest BCUT2D eigenvalue weighted by atomic mass is 10.2. The summed E-state index contributed by atoms with van der Waals surface area (Å²) in [7, 11) is 0. The van der Waals surface area contributed by atoms with E-state index in [2.05, 4.69) is 29.1 Å². The van der Waals surface area contributed by atoms with Gasteiger partial charge in [-0.1, -0.05) is 20.8 Å². The molecule has 0 aliphatic heterocycles. The predicted octanol–water partition coefficient (Wildman–Crippen LogP) is 2.47. The maximum absolute atomic E-state index is 13.4. The monoisotopic (exact) mass is 262 g/mol. The quantitative estimate of drug-likeness (QED) is 0.900. The number of nitrogens with zero attached hydrogens (tertiary/aromatic N) is 3. The highest BCUT2D eigenvalue weighted by molar-refractivity contribution is 5.35. The summed E-state index contributed by atoms with van der Waals surface area (Å²) >= 11 is 0. The molecule has 0 aliphatic rings. The smallest absolute Gasteiger partial charge is 0.142 e. The van der Waals surface area contributed by atoms with Gasteiger partial charge in [0.05, 0.1) is 6.20 Å². The third-order valence-corrected chi connectivity index (χ3v) is 2.87. The molecule has 4 nitrogen and oxygen atoms in total. The largest absolute Gasteiger partial charge is 0.310 e. The molecule has 102 valence electrons. The van der Waals surface area contributed by atoms with Crippen molar-refractivity contribution < 1.29 is 4.39 Å². The molecule has 2 rings (SSSR count). The van der Waals surface area contributed by atoms with Crippen LogP contribution in [0.2, 0.25) is 0 Å². The van der Waals surface area contributed by atoms with Crippen LogP contribution in [-0.4, -0.2) is 20.6 Å². The van der Waals surface area contributed by atoms with Crippen molar-refractivity contribution in [2.45, 2.75) is 39.8 Å². The van der Waals surface area contributed by atoms with Gasteiger partial charge in [-0.05, 0) is 6.07 Å². The number of hydrogen-bond acceptors (Lipinski definition) is 3. The van der Waals surface area contributed by atoms with Crippen molar-refractivity contribution in [3.63, 3.8) is 0 Å². The molecular weight excluding hydrogens is 243 g/mol. The molecule has 0 amide bonds. The van der Waals surface area contributed by atoms with Crippen molar-refractivity contribution in [2.75, 3.05) is 0 Å². The molecule has 0 aromatic carbocycles. The van der Waals surface area contributed by atoms with E-state index in [9.17, 15) is 4.39 Å². The van der Waals surface area contributed by atoms with Gasteiger partial charge in [0.25, 0.3) is 0 Å². The number of hydrogen-bond donors (Lipinski definition) is 1. The summed E-state index contributed by atoms with van der Waals surface area (Å²) < 4.78 is 15.3. The Balaban J connectivity index is 2.39. The van der Waals surface area contributed by atoms with Crippen molar-refractivity contribution in [1.82, 2.24) is 19.9 Å². The fraction of sp³-hybridized carbons (Fsp3) is 0.429. The van der Waals surface area contributed by atoms with Crippen LogP contribution in [0.5, 0.6) is 0 Å². The first-order valence-corrected chi connectivity index (χ1v) is 6.52. The average Bonchev–Trinajstić information content (AvgIpc) is 2.84. The molecule has 2 heterocycles. The Hall–Kier alpha value is -1.75. The second-order valence-electron chi connectivity index (χ2n) is 4.74. The molecule has 0 spiro atoms. The normalized spacial score (nSPS) is 11.2. The second kappa shape index (κ2) is 5.93. The Morgan fingerprint density at radius 1 is 1.37 bits per heavy atom. The van der Waals surface area contributed by atoms with Crippen LogP contribution in [0, 0.1) is 5.82 Å². The van der Waals surface area contributed by atoms with E-state index in [1.807, 2.05) is 17.7 Å². The van der Waals surface area contributed by atoms with E-state index in [1.165, 1.54) is 12.3 Å². The van der Waals surface area contributed by atoms with Crippen LogP contribution in [0.15, 0.2) is 24.7 Å². The first-order valence-electron chi connectivity index (χ1n) is 6.52. The van der Waals surface area contributed by atoms with Gasteiger partial charge >= 0.3 is 0 Å². The lowest BCUT2D eigenvalue weighted by molar-refractivity contribution is 0.575. The zero-order valence-electron chi connectivity index (χ0n) is 11.5. The predicted molar refractivity (Wildman–Crippen MR) is 72.7 cm³/mol. The fourth-order valence-corrected chi connectivity index (χ4v) is 1.92. The van der Waals surface area contributed by atoms with Gasteiger partial charge in [-0.25, -0.2) is 14.4 Å². The van der Waals surface area contributed by atoms with Crippen LogP contribution in [-0.2, 0) is 13.0 Å². The van der Waals surface area contributed by atoms with Gasteiger partial charge in [0.2, 0.25) is 0 Å². The van der Waals surface area contributed by atoms with Crippen LogP contribution in [0.4, 0.5) is 4.39 Å². The zero-order chi connectivity index (χ0) is 13.8. The van der Waals surface area contributed by atoms with E-state index in [1.54, 1.807) is 6.20 Å². The topological polar surface area (TPSA) is 42.7 Å². The molecule has 0 saturated heterocycles. The summed E-state index contributed by atoms with van der Waals surface area (Å²) in [6.45, 7) is 6.73. The van der Waals surface area contributed by atoms with Crippen molar-refractivity contribution in [3.05, 3.63) is 41.9 Å². The molecule has 2 aromatic rings. The molecule has 19 heavy (non-hydrogen) atoms. The highest BCUT2D eigenvalue weighted by Crippen LogP contribution is 2.15. The minimum atomic E-state index is -0.317. The maximum atomic E-state index is 13.4. The van der Waals surface area contributed by atoms with Crippen molar-refractivity contribution in [1.29, 1.82) is 0 Å². The third-order valence-electron chi connectivity index (χ3n) is 2.87. The molecule has 0 unspecified atom stereocenters. The van der Waals surface area contributed by atoms with Gasteiger partial charge in [-0.2, -0.15) is 0 Å². The molecule has 0 aliphatic carbocycles. The Bertz CT molecular complexity index is 548. The number of halogens is 1. The van der Waals surface area contributed by atoms with Crippen LogP contribution in [0.25, 0.3) is 5.82 Å². The maximum Gasteiger partial charge on any atom is 0.142 e. The van der Waals surface area contributed by atoms with Gasteiger partial charge in [0.1, 0.15) is 17.5 Å². The number of aryl methyl sites for hydroxylation is 1. The molecule has 0 fully saturated rings. The summed E-state index contributed by atoms with van der Waals surface area (Å²) in [5.41, 5.74) is 0.835. The van der Waals surface area contributed by atoms with Crippen LogP contribution >= 0.6 is 0 Å². The molecule has 2 aromatic heterocycles. The van der Waals surface area contributed by atoms with Crippen molar-refractivity contribution in [3.8, 4) is 5.82 Å². The van der Waals surface area contributed by atoms with Gasteiger partial charge in [0.15, 0.2) is 0 Å². The number of imidazole rings is 1. The van der Waals surface area contributed by atoms with E-state index < -0.39 is 0 Å². The standard InChI is InChI=1S/C14H19FN4/c1-4-13-16-5-6-19(13)14-11(8-17-10(2)3)7-12(15)9-18-14/h5-7,9-10,17H,4,8H2,1-3H3. The van der Waals surface area contributed by atoms with E-state index in [-0.39, 0.29) is 5.82 Å². The molecule has 0 atom stereocenters. The third kappa shape index (κ3) is 3.17. The first-order chi connectivity index (χ1) is 9.11. The first kappa shape index (κ1) is 13.7. The molecule has 0 bridgehead atoms. The van der Waals surface area contributed by atoms with Crippen LogP contribution in [0.3, 0.4) is 0 Å². The number of pyridine rings is 1. The zero-order valence-corrected chi connectivity index (χ0v) is 11.5. The summed E-state index contributed by atoms with van der Waals surface area (Å²) in [4.78, 5) is 8.49. The summed E-state index contributed by atoms with van der Waals surface area (Å²) in [6, 6.07) is 1.86. The van der Waals surface area contributed by atoms with E-state index in [0.29, 0.717) is 12.6 Å². The lowest BCUT2D eigenvalue weighted by Gasteiger charge is -2.13. The van der Waals surface area contributed by atoms with Gasteiger partial charge in [-0.15, -0.1) is 0 Å². The van der Waals surface area contributed by atoms with Gasteiger partial charge < -0.3 is 5.32 Å². The highest BCUT2D eigenvalue weighted by Gasteiger charge is 2.11. The Labute approximate surface area is 112 Å². The fourth-order valence-electron chi connectivity index (χ4n) is 1.92. The van der Waals surface area contributed by atoms with E-state index in [0.717, 1.165) is 23.6 Å². The second-order valence-corrected chi connectivity index (χ2v) is 4.74. The minimum Gasteiger partial charge on any atom is -0.310 e. The Morgan fingerprint density at radius 3 is 2.84 bits per heavy atom. The van der Waals surface area contributed by atoms with Crippen molar-refractivity contribution >= 4 is 0 Å². The average molecular weight is 262 g/mol. The molecular formula is C14H19FN4. The van der Waals surface area contributed by atoms with Crippen LogP contribution in [0.1, 0.15) is 32.2 Å². The molecule has 0 saturated carbocycles. The highest BCUT2D eigenvalue weighted by atomic mass is 19.1. The van der Waals surface area contributed by atoms with Gasteiger partial charge in [0, 0.05) is 37.0 Å². The summed E-state index contributed by atoms with van der Waals surface area (Å²) in [6.07, 6.45) is 5.65. The molecule has 5 heteroatoms. The van der Waals surface area contributed by atoms with Crippen molar-refractivity contribution in [2.24, 2.45) is 0 Å². The number of rotatable bonds is 5. The van der Waals surface area contributed by atoms with Crippen LogP contribution < -0.4 is 5.32 Å². The molecule has 0 radical (unpaired) electrons. The minimum absolute atomic E-state index is 0.317. The lowest BCUT2D eigenvalue weighted by Crippen LogP contribution is -2.23.